The minimum atomic E-state index is -0.174. The lowest BCUT2D eigenvalue weighted by Crippen LogP contribution is -2.03. The molecule has 1 aromatic carbocycles. The average molecular weight is 362 g/mol. The Labute approximate surface area is 151 Å². The predicted octanol–water partition coefficient (Wildman–Crippen LogP) is 4.35. The van der Waals surface area contributed by atoms with Crippen molar-refractivity contribution in [2.24, 2.45) is 0 Å². The third-order valence-electron chi connectivity index (χ3n) is 4.36. The van der Waals surface area contributed by atoms with E-state index < -0.39 is 0 Å². The first-order chi connectivity index (χ1) is 12.7. The molecule has 0 spiro atoms. The Bertz CT molecular complexity index is 1350. The van der Waals surface area contributed by atoms with E-state index in [-0.39, 0.29) is 5.56 Å². The Morgan fingerprint density at radius 1 is 1.04 bits per heavy atom. The summed E-state index contributed by atoms with van der Waals surface area (Å²) < 4.78 is 0. The maximum atomic E-state index is 12.1. The molecule has 6 nitrogen and oxygen atoms in total. The molecule has 7 heteroatoms. The fraction of sp³-hybridized carbons (Fsp3) is 0. The summed E-state index contributed by atoms with van der Waals surface area (Å²) in [6.07, 6.45) is 5.10. The Morgan fingerprint density at radius 3 is 2.85 bits per heavy atom. The molecule has 26 heavy (non-hydrogen) atoms. The highest BCUT2D eigenvalue weighted by molar-refractivity contribution is 6.30. The van der Waals surface area contributed by atoms with Crippen LogP contribution in [0.4, 0.5) is 11.5 Å². The summed E-state index contributed by atoms with van der Waals surface area (Å²) in [5, 5.41) is 6.51. The lowest BCUT2D eigenvalue weighted by atomic mass is 10.1. The number of hydrogen-bond acceptors (Lipinski definition) is 4. The van der Waals surface area contributed by atoms with Crippen LogP contribution in [0.2, 0.25) is 5.02 Å². The summed E-state index contributed by atoms with van der Waals surface area (Å²) in [5.74, 6) is 0.657. The maximum Gasteiger partial charge on any atom is 0.272 e. The number of rotatable bonds is 2. The van der Waals surface area contributed by atoms with Crippen molar-refractivity contribution < 1.29 is 0 Å². The Kier molecular flexibility index (Phi) is 3.20. The van der Waals surface area contributed by atoms with E-state index >= 15 is 0 Å². The molecule has 0 fully saturated rings. The number of nitrogens with one attached hydrogen (secondary N) is 3. The molecule has 0 atom stereocenters. The second-order valence-corrected chi connectivity index (χ2v) is 6.40. The number of H-pyrrole nitrogens is 2. The molecule has 0 saturated heterocycles. The Hall–Kier alpha value is -3.38. The zero-order valence-electron chi connectivity index (χ0n) is 13.4. The zero-order chi connectivity index (χ0) is 17.7. The van der Waals surface area contributed by atoms with Gasteiger partial charge in [-0.2, -0.15) is 0 Å². The largest absolute Gasteiger partial charge is 0.348 e. The van der Waals surface area contributed by atoms with Gasteiger partial charge in [0.2, 0.25) is 0 Å². The topological polar surface area (TPSA) is 86.5 Å². The second-order valence-electron chi connectivity index (χ2n) is 5.96. The van der Waals surface area contributed by atoms with Crippen molar-refractivity contribution in [3.8, 4) is 0 Å². The molecule has 0 aliphatic carbocycles. The van der Waals surface area contributed by atoms with Crippen molar-refractivity contribution in [2.45, 2.75) is 0 Å². The van der Waals surface area contributed by atoms with Gasteiger partial charge in [-0.05, 0) is 30.3 Å². The van der Waals surface area contributed by atoms with Gasteiger partial charge in [0.05, 0.1) is 11.0 Å². The van der Waals surface area contributed by atoms with Crippen molar-refractivity contribution in [1.29, 1.82) is 0 Å². The second kappa shape index (κ2) is 5.57. The van der Waals surface area contributed by atoms with E-state index in [2.05, 4.69) is 20.3 Å². The zero-order valence-corrected chi connectivity index (χ0v) is 14.1. The summed E-state index contributed by atoms with van der Waals surface area (Å²) >= 11 is 6.09. The number of fused-ring (bicyclic) bond motifs is 5. The highest BCUT2D eigenvalue weighted by atomic mass is 35.5. The van der Waals surface area contributed by atoms with Crippen LogP contribution in [0.25, 0.3) is 32.7 Å². The van der Waals surface area contributed by atoms with E-state index in [9.17, 15) is 4.79 Å². The number of anilines is 2. The number of halogens is 1. The number of aromatic amines is 2. The molecule has 0 unspecified atom stereocenters. The molecule has 0 saturated carbocycles. The monoisotopic (exact) mass is 361 g/mol. The number of benzene rings is 1. The van der Waals surface area contributed by atoms with Gasteiger partial charge >= 0.3 is 0 Å². The summed E-state index contributed by atoms with van der Waals surface area (Å²) in [4.78, 5) is 27.0. The predicted molar refractivity (Wildman–Crippen MR) is 104 cm³/mol. The Morgan fingerprint density at radius 2 is 1.96 bits per heavy atom. The van der Waals surface area contributed by atoms with Gasteiger partial charge in [-0.3, -0.25) is 9.78 Å². The third kappa shape index (κ3) is 2.23. The van der Waals surface area contributed by atoms with E-state index in [1.54, 1.807) is 18.6 Å². The van der Waals surface area contributed by atoms with Crippen LogP contribution in [0.15, 0.2) is 59.8 Å². The van der Waals surface area contributed by atoms with Crippen LogP contribution in [-0.4, -0.2) is 19.9 Å². The van der Waals surface area contributed by atoms with Crippen LogP contribution in [0.5, 0.6) is 0 Å². The van der Waals surface area contributed by atoms with Gasteiger partial charge in [0, 0.05) is 45.5 Å². The van der Waals surface area contributed by atoms with Crippen LogP contribution in [0.1, 0.15) is 0 Å². The molecular weight excluding hydrogens is 350 g/mol. The van der Waals surface area contributed by atoms with Crippen LogP contribution in [0, 0.1) is 0 Å². The SMILES string of the molecule is O=c1[nH]ccc2c1[nH]c1c3ccncc3c(Nc3cccc(Cl)c3)nc21. The van der Waals surface area contributed by atoms with Gasteiger partial charge in [0.15, 0.2) is 0 Å². The minimum Gasteiger partial charge on any atom is -0.348 e. The van der Waals surface area contributed by atoms with Gasteiger partial charge < -0.3 is 15.3 Å². The van der Waals surface area contributed by atoms with Crippen molar-refractivity contribution in [1.82, 2.24) is 19.9 Å². The molecule has 126 valence electrons. The minimum absolute atomic E-state index is 0.174. The van der Waals surface area contributed by atoms with Crippen molar-refractivity contribution >= 4 is 55.8 Å². The lowest BCUT2D eigenvalue weighted by molar-refractivity contribution is 1.26. The highest BCUT2D eigenvalue weighted by Crippen LogP contribution is 2.33. The van der Waals surface area contributed by atoms with Crippen LogP contribution < -0.4 is 10.9 Å². The quantitative estimate of drug-likeness (QED) is 0.436. The van der Waals surface area contributed by atoms with Crippen molar-refractivity contribution in [2.75, 3.05) is 5.32 Å². The van der Waals surface area contributed by atoms with E-state index in [0.717, 1.165) is 32.9 Å². The number of nitrogens with zero attached hydrogens (tertiary/aromatic N) is 2. The van der Waals surface area contributed by atoms with Gasteiger partial charge in [-0.1, -0.05) is 17.7 Å². The molecule has 4 aromatic heterocycles. The van der Waals surface area contributed by atoms with Gasteiger partial charge in [-0.25, -0.2) is 4.98 Å². The summed E-state index contributed by atoms with van der Waals surface area (Å²) in [5.41, 5.74) is 2.70. The smallest absolute Gasteiger partial charge is 0.272 e. The fourth-order valence-electron chi connectivity index (χ4n) is 3.20. The fourth-order valence-corrected chi connectivity index (χ4v) is 3.39. The molecule has 3 N–H and O–H groups in total. The lowest BCUT2D eigenvalue weighted by Gasteiger charge is -2.10. The molecule has 0 bridgehead atoms. The first-order valence-electron chi connectivity index (χ1n) is 8.00. The Balaban J connectivity index is 1.85. The summed E-state index contributed by atoms with van der Waals surface area (Å²) in [6.45, 7) is 0. The normalized spacial score (nSPS) is 11.4. The van der Waals surface area contributed by atoms with Crippen molar-refractivity contribution in [3.63, 3.8) is 0 Å². The van der Waals surface area contributed by atoms with Crippen LogP contribution in [0.3, 0.4) is 0 Å². The van der Waals surface area contributed by atoms with Gasteiger partial charge in [0.25, 0.3) is 5.56 Å². The van der Waals surface area contributed by atoms with Gasteiger partial charge in [-0.15, -0.1) is 0 Å². The molecule has 5 rings (SSSR count). The first-order valence-corrected chi connectivity index (χ1v) is 8.38. The molecule has 0 aliphatic heterocycles. The van der Waals surface area contributed by atoms with Gasteiger partial charge in [0.1, 0.15) is 11.3 Å². The van der Waals surface area contributed by atoms with E-state index in [0.29, 0.717) is 16.4 Å². The van der Waals surface area contributed by atoms with Crippen molar-refractivity contribution in [3.05, 3.63) is 70.4 Å². The number of aromatic nitrogens is 4. The number of hydrogen-bond donors (Lipinski definition) is 3. The van der Waals surface area contributed by atoms with Crippen LogP contribution >= 0.6 is 11.6 Å². The van der Waals surface area contributed by atoms with E-state index in [1.165, 1.54) is 0 Å². The standard InChI is InChI=1S/C19H12ClN5O/c20-10-2-1-3-11(8-10)23-18-14-9-21-6-4-12(14)15-16(25-18)13-5-7-22-19(26)17(13)24-15/h1-9,24H,(H,22,26)(H,23,25). The number of pyridine rings is 3. The van der Waals surface area contributed by atoms with Crippen LogP contribution in [-0.2, 0) is 0 Å². The van der Waals surface area contributed by atoms with E-state index in [4.69, 9.17) is 16.6 Å². The molecule has 0 radical (unpaired) electrons. The average Bonchev–Trinajstić information content (AvgIpc) is 3.02. The van der Waals surface area contributed by atoms with E-state index in [1.807, 2.05) is 36.4 Å². The molecule has 0 amide bonds. The summed E-state index contributed by atoms with van der Waals surface area (Å²) in [6, 6.07) is 11.2. The molecule has 0 aliphatic rings. The molecular formula is C19H12ClN5O. The highest BCUT2D eigenvalue weighted by Gasteiger charge is 2.15. The first kappa shape index (κ1) is 14.9. The maximum absolute atomic E-state index is 12.1. The molecule has 4 heterocycles. The summed E-state index contributed by atoms with van der Waals surface area (Å²) in [7, 11) is 0. The molecule has 5 aromatic rings. The third-order valence-corrected chi connectivity index (χ3v) is 4.59.